The third-order valence-corrected chi connectivity index (χ3v) is 5.85. The SMILES string of the molecule is CN(C)C(=N)Nc1ccc(NC(=O)c2sccc2NCc2ccnc3ccccc23)cc1. The normalized spacial score (nSPS) is 10.6. The highest BCUT2D eigenvalue weighted by molar-refractivity contribution is 7.12. The van der Waals surface area contributed by atoms with Crippen molar-refractivity contribution in [3.8, 4) is 0 Å². The van der Waals surface area contributed by atoms with Gasteiger partial charge in [-0.15, -0.1) is 11.3 Å². The molecule has 8 heteroatoms. The first kappa shape index (κ1) is 21.3. The number of nitrogens with one attached hydrogen (secondary N) is 4. The van der Waals surface area contributed by atoms with Crippen molar-refractivity contribution in [3.63, 3.8) is 0 Å². The number of hydrogen-bond donors (Lipinski definition) is 4. The molecule has 0 bridgehead atoms. The second-order valence-corrected chi connectivity index (χ2v) is 8.32. The van der Waals surface area contributed by atoms with E-state index in [-0.39, 0.29) is 11.9 Å². The predicted octanol–water partition coefficient (Wildman–Crippen LogP) is 5.07. The topological polar surface area (TPSA) is 93.1 Å². The number of thiophene rings is 1. The van der Waals surface area contributed by atoms with Crippen LogP contribution in [0.4, 0.5) is 17.1 Å². The molecule has 4 aromatic rings. The van der Waals surface area contributed by atoms with Crippen molar-refractivity contribution in [2.24, 2.45) is 0 Å². The minimum Gasteiger partial charge on any atom is -0.380 e. The number of carbonyl (C=O) groups is 1. The third kappa shape index (κ3) is 4.87. The van der Waals surface area contributed by atoms with Crippen molar-refractivity contribution in [3.05, 3.63) is 82.7 Å². The lowest BCUT2D eigenvalue weighted by molar-refractivity contribution is 0.103. The molecule has 0 spiro atoms. The highest BCUT2D eigenvalue weighted by atomic mass is 32.1. The Kier molecular flexibility index (Phi) is 6.32. The summed E-state index contributed by atoms with van der Waals surface area (Å²) >= 11 is 1.40. The number of para-hydroxylation sites is 1. The Hall–Kier alpha value is -3.91. The van der Waals surface area contributed by atoms with Gasteiger partial charge in [-0.3, -0.25) is 15.2 Å². The van der Waals surface area contributed by atoms with Gasteiger partial charge in [0.1, 0.15) is 4.88 Å². The van der Waals surface area contributed by atoms with E-state index in [2.05, 4.69) is 27.0 Å². The molecule has 0 atom stereocenters. The monoisotopic (exact) mass is 444 g/mol. The fourth-order valence-corrected chi connectivity index (χ4v) is 3.96. The average molecular weight is 445 g/mol. The minimum atomic E-state index is -0.163. The molecular formula is C24H24N6OS. The molecule has 0 unspecified atom stereocenters. The number of anilines is 3. The summed E-state index contributed by atoms with van der Waals surface area (Å²) in [5.74, 6) is 0.127. The number of hydrogen-bond acceptors (Lipinski definition) is 5. The molecule has 2 aromatic heterocycles. The third-order valence-electron chi connectivity index (χ3n) is 4.93. The van der Waals surface area contributed by atoms with Crippen molar-refractivity contribution in [1.82, 2.24) is 9.88 Å². The largest absolute Gasteiger partial charge is 0.380 e. The summed E-state index contributed by atoms with van der Waals surface area (Å²) in [4.78, 5) is 19.6. The lowest BCUT2D eigenvalue weighted by Gasteiger charge is -2.15. The van der Waals surface area contributed by atoms with Crippen molar-refractivity contribution in [1.29, 1.82) is 5.41 Å². The fourth-order valence-electron chi connectivity index (χ4n) is 3.20. The second-order valence-electron chi connectivity index (χ2n) is 7.40. The van der Waals surface area contributed by atoms with E-state index in [1.54, 1.807) is 25.2 Å². The van der Waals surface area contributed by atoms with Crippen molar-refractivity contribution in [2.45, 2.75) is 6.54 Å². The van der Waals surface area contributed by atoms with E-state index >= 15 is 0 Å². The number of benzene rings is 2. The molecule has 1 amide bonds. The summed E-state index contributed by atoms with van der Waals surface area (Å²) in [6.45, 7) is 0.595. The van der Waals surface area contributed by atoms with E-state index in [4.69, 9.17) is 5.41 Å². The van der Waals surface area contributed by atoms with E-state index in [0.29, 0.717) is 17.1 Å². The lowest BCUT2D eigenvalue weighted by atomic mass is 10.1. The van der Waals surface area contributed by atoms with Gasteiger partial charge in [0, 0.05) is 43.6 Å². The van der Waals surface area contributed by atoms with Crippen LogP contribution in [0.15, 0.2) is 72.2 Å². The van der Waals surface area contributed by atoms with Crippen LogP contribution in [0.5, 0.6) is 0 Å². The zero-order valence-electron chi connectivity index (χ0n) is 17.8. The molecule has 0 fully saturated rings. The van der Waals surface area contributed by atoms with E-state index < -0.39 is 0 Å². The predicted molar refractivity (Wildman–Crippen MR) is 133 cm³/mol. The quantitative estimate of drug-likeness (QED) is 0.246. The van der Waals surface area contributed by atoms with Crippen LogP contribution in [0.3, 0.4) is 0 Å². The number of aromatic nitrogens is 1. The van der Waals surface area contributed by atoms with Crippen LogP contribution in [0.25, 0.3) is 10.9 Å². The van der Waals surface area contributed by atoms with Crippen molar-refractivity contribution >= 4 is 51.2 Å². The molecule has 0 aliphatic rings. The highest BCUT2D eigenvalue weighted by Gasteiger charge is 2.14. The van der Waals surface area contributed by atoms with Gasteiger partial charge in [-0.2, -0.15) is 0 Å². The number of pyridine rings is 1. The Morgan fingerprint density at radius 3 is 2.47 bits per heavy atom. The number of amides is 1. The van der Waals surface area contributed by atoms with Crippen LogP contribution in [0.2, 0.25) is 0 Å². The van der Waals surface area contributed by atoms with E-state index in [9.17, 15) is 4.79 Å². The standard InChI is InChI=1S/C24H24N6OS/c1-30(2)24(25)29-18-9-7-17(8-10-18)28-23(31)22-21(12-14-32-22)27-15-16-11-13-26-20-6-4-3-5-19(16)20/h3-14,27H,15H2,1-2H3,(H2,25,29)(H,28,31). The number of guanidine groups is 1. The second kappa shape index (κ2) is 9.49. The molecule has 0 aliphatic heterocycles. The van der Waals surface area contributed by atoms with Crippen LogP contribution in [0, 0.1) is 5.41 Å². The fraction of sp³-hybridized carbons (Fsp3) is 0.125. The molecule has 2 aromatic carbocycles. The van der Waals surface area contributed by atoms with Gasteiger partial charge in [0.15, 0.2) is 5.96 Å². The number of rotatable bonds is 6. The molecule has 162 valence electrons. The van der Waals surface area contributed by atoms with Gasteiger partial charge in [-0.05, 0) is 53.4 Å². The number of nitrogens with zero attached hydrogens (tertiary/aromatic N) is 2. The summed E-state index contributed by atoms with van der Waals surface area (Å²) in [5, 5.41) is 20.2. The molecule has 0 radical (unpaired) electrons. The summed E-state index contributed by atoms with van der Waals surface area (Å²) in [6, 6.07) is 19.2. The first-order valence-corrected chi connectivity index (χ1v) is 11.0. The van der Waals surface area contributed by atoms with E-state index in [1.807, 2.05) is 60.0 Å². The molecule has 0 saturated carbocycles. The summed E-state index contributed by atoms with van der Waals surface area (Å²) in [5.41, 5.74) is 4.35. The average Bonchev–Trinajstić information content (AvgIpc) is 3.27. The number of fused-ring (bicyclic) bond motifs is 1. The van der Waals surface area contributed by atoms with E-state index in [1.165, 1.54) is 11.3 Å². The van der Waals surface area contributed by atoms with Gasteiger partial charge >= 0.3 is 0 Å². The summed E-state index contributed by atoms with van der Waals surface area (Å²) < 4.78 is 0. The van der Waals surface area contributed by atoms with Crippen LogP contribution in [-0.2, 0) is 6.54 Å². The van der Waals surface area contributed by atoms with Crippen LogP contribution < -0.4 is 16.0 Å². The smallest absolute Gasteiger partial charge is 0.267 e. The lowest BCUT2D eigenvalue weighted by Crippen LogP contribution is -2.28. The van der Waals surface area contributed by atoms with Gasteiger partial charge in [-0.25, -0.2) is 0 Å². The first-order valence-electron chi connectivity index (χ1n) is 10.1. The van der Waals surface area contributed by atoms with Crippen LogP contribution in [-0.4, -0.2) is 35.8 Å². The summed E-state index contributed by atoms with van der Waals surface area (Å²) in [7, 11) is 3.60. The molecule has 0 aliphatic carbocycles. The zero-order chi connectivity index (χ0) is 22.5. The summed E-state index contributed by atoms with van der Waals surface area (Å²) in [6.07, 6.45) is 1.80. The highest BCUT2D eigenvalue weighted by Crippen LogP contribution is 2.26. The molecule has 32 heavy (non-hydrogen) atoms. The first-order chi connectivity index (χ1) is 15.5. The molecule has 2 heterocycles. The Morgan fingerprint density at radius 2 is 1.72 bits per heavy atom. The molecular weight excluding hydrogens is 420 g/mol. The Bertz CT molecular complexity index is 1240. The van der Waals surface area contributed by atoms with Gasteiger partial charge in [0.05, 0.1) is 11.2 Å². The Morgan fingerprint density at radius 1 is 1.00 bits per heavy atom. The maximum Gasteiger partial charge on any atom is 0.267 e. The maximum absolute atomic E-state index is 12.9. The van der Waals surface area contributed by atoms with Gasteiger partial charge in [0.25, 0.3) is 5.91 Å². The molecule has 7 nitrogen and oxygen atoms in total. The van der Waals surface area contributed by atoms with Gasteiger partial charge < -0.3 is 20.9 Å². The Balaban J connectivity index is 1.42. The van der Waals surface area contributed by atoms with Gasteiger partial charge in [0.2, 0.25) is 0 Å². The minimum absolute atomic E-state index is 0.163. The maximum atomic E-state index is 12.9. The molecule has 0 saturated heterocycles. The van der Waals surface area contributed by atoms with Crippen LogP contribution >= 0.6 is 11.3 Å². The van der Waals surface area contributed by atoms with E-state index in [0.717, 1.165) is 27.8 Å². The Labute approximate surface area is 190 Å². The molecule has 4 rings (SSSR count). The van der Waals surface area contributed by atoms with Gasteiger partial charge in [-0.1, -0.05) is 18.2 Å². The van der Waals surface area contributed by atoms with Crippen LogP contribution in [0.1, 0.15) is 15.2 Å². The molecule has 4 N–H and O–H groups in total. The number of carbonyl (C=O) groups excluding carboxylic acids is 1. The van der Waals surface area contributed by atoms with Crippen molar-refractivity contribution < 1.29 is 4.79 Å². The van der Waals surface area contributed by atoms with Crippen molar-refractivity contribution in [2.75, 3.05) is 30.0 Å². The zero-order valence-corrected chi connectivity index (χ0v) is 18.7.